The molecule has 0 saturated carbocycles. The van der Waals surface area contributed by atoms with Gasteiger partial charge in [0.15, 0.2) is 5.96 Å². The molecule has 162 valence electrons. The highest BCUT2D eigenvalue weighted by molar-refractivity contribution is 5.79. The summed E-state index contributed by atoms with van der Waals surface area (Å²) in [5.74, 6) is 2.32. The van der Waals surface area contributed by atoms with Crippen LogP contribution in [-0.4, -0.2) is 63.9 Å². The van der Waals surface area contributed by atoms with E-state index in [1.165, 1.54) is 50.9 Å². The number of likely N-dealkylation sites (tertiary alicyclic amines) is 1. The van der Waals surface area contributed by atoms with Gasteiger partial charge in [-0.1, -0.05) is 12.1 Å². The molecule has 1 aromatic carbocycles. The van der Waals surface area contributed by atoms with Gasteiger partial charge in [-0.05, 0) is 70.3 Å². The number of hydrogen-bond acceptors (Lipinski definition) is 4. The molecule has 0 spiro atoms. The van der Waals surface area contributed by atoms with Crippen molar-refractivity contribution >= 4 is 5.96 Å². The van der Waals surface area contributed by atoms with Crippen molar-refractivity contribution in [2.45, 2.75) is 45.6 Å². The Hall–Kier alpha value is -1.79. The SMILES string of the molecule is CN=C(NCCCCN1CCCC1)NCc1ccc(C)cc1OCC1CCOC1. The molecule has 2 heterocycles. The third kappa shape index (κ3) is 7.52. The van der Waals surface area contributed by atoms with Crippen LogP contribution >= 0.6 is 0 Å². The summed E-state index contributed by atoms with van der Waals surface area (Å²) in [5, 5.41) is 6.87. The highest BCUT2D eigenvalue weighted by Crippen LogP contribution is 2.22. The first-order valence-corrected chi connectivity index (χ1v) is 11.2. The van der Waals surface area contributed by atoms with Crippen LogP contribution in [-0.2, 0) is 11.3 Å². The second-order valence-corrected chi connectivity index (χ2v) is 8.26. The summed E-state index contributed by atoms with van der Waals surface area (Å²) in [6, 6.07) is 6.41. The van der Waals surface area contributed by atoms with Gasteiger partial charge in [-0.25, -0.2) is 0 Å². The fourth-order valence-electron chi connectivity index (χ4n) is 3.94. The summed E-state index contributed by atoms with van der Waals surface area (Å²) in [4.78, 5) is 6.93. The molecule has 0 bridgehead atoms. The lowest BCUT2D eigenvalue weighted by Crippen LogP contribution is -2.37. The first-order valence-electron chi connectivity index (χ1n) is 11.2. The van der Waals surface area contributed by atoms with Gasteiger partial charge in [0.05, 0.1) is 13.2 Å². The van der Waals surface area contributed by atoms with Gasteiger partial charge in [0.1, 0.15) is 5.75 Å². The normalized spacial score (nSPS) is 20.2. The van der Waals surface area contributed by atoms with Crippen molar-refractivity contribution in [2.24, 2.45) is 10.9 Å². The van der Waals surface area contributed by atoms with Crippen LogP contribution < -0.4 is 15.4 Å². The molecule has 1 atom stereocenters. The summed E-state index contributed by atoms with van der Waals surface area (Å²) in [5.41, 5.74) is 2.37. The Labute approximate surface area is 176 Å². The van der Waals surface area contributed by atoms with Gasteiger partial charge in [-0.2, -0.15) is 0 Å². The third-order valence-electron chi connectivity index (χ3n) is 5.78. The van der Waals surface area contributed by atoms with Gasteiger partial charge in [0.2, 0.25) is 0 Å². The molecule has 2 aliphatic rings. The fourth-order valence-corrected chi connectivity index (χ4v) is 3.94. The van der Waals surface area contributed by atoms with Crippen LogP contribution in [0.2, 0.25) is 0 Å². The van der Waals surface area contributed by atoms with Crippen molar-refractivity contribution in [3.63, 3.8) is 0 Å². The van der Waals surface area contributed by atoms with E-state index in [1.54, 1.807) is 0 Å². The Bertz CT molecular complexity index is 638. The zero-order valence-corrected chi connectivity index (χ0v) is 18.2. The van der Waals surface area contributed by atoms with E-state index in [-0.39, 0.29) is 0 Å². The number of unbranched alkanes of at least 4 members (excludes halogenated alkanes) is 1. The number of guanidine groups is 1. The van der Waals surface area contributed by atoms with Crippen molar-refractivity contribution in [3.8, 4) is 5.75 Å². The summed E-state index contributed by atoms with van der Waals surface area (Å²) in [6.07, 6.45) is 6.24. The number of hydrogen-bond donors (Lipinski definition) is 2. The Morgan fingerprint density at radius 2 is 2.10 bits per heavy atom. The smallest absolute Gasteiger partial charge is 0.191 e. The van der Waals surface area contributed by atoms with Crippen LogP contribution in [0.15, 0.2) is 23.2 Å². The fraction of sp³-hybridized carbons (Fsp3) is 0.696. The van der Waals surface area contributed by atoms with Crippen LogP contribution in [0.5, 0.6) is 5.75 Å². The van der Waals surface area contributed by atoms with Gasteiger partial charge < -0.3 is 25.0 Å². The van der Waals surface area contributed by atoms with Gasteiger partial charge in [-0.15, -0.1) is 0 Å². The van der Waals surface area contributed by atoms with Crippen LogP contribution in [0.1, 0.15) is 43.2 Å². The number of nitrogens with one attached hydrogen (secondary N) is 2. The van der Waals surface area contributed by atoms with Crippen LogP contribution in [0.25, 0.3) is 0 Å². The minimum atomic E-state index is 0.506. The average Bonchev–Trinajstić information content (AvgIpc) is 3.43. The third-order valence-corrected chi connectivity index (χ3v) is 5.78. The predicted octanol–water partition coefficient (Wildman–Crippen LogP) is 2.95. The number of ether oxygens (including phenoxy) is 2. The summed E-state index contributed by atoms with van der Waals surface area (Å²) < 4.78 is 11.6. The maximum absolute atomic E-state index is 6.14. The van der Waals surface area contributed by atoms with Crippen molar-refractivity contribution in [2.75, 3.05) is 53.0 Å². The average molecular weight is 403 g/mol. The molecular weight excluding hydrogens is 364 g/mol. The molecule has 6 nitrogen and oxygen atoms in total. The number of aliphatic imine (C=N–C) groups is 1. The molecule has 2 saturated heterocycles. The second kappa shape index (κ2) is 12.0. The predicted molar refractivity (Wildman–Crippen MR) is 119 cm³/mol. The van der Waals surface area contributed by atoms with Gasteiger partial charge in [-0.3, -0.25) is 4.99 Å². The Balaban J connectivity index is 1.39. The first kappa shape index (κ1) is 21.9. The monoisotopic (exact) mass is 402 g/mol. The minimum absolute atomic E-state index is 0.506. The lowest BCUT2D eigenvalue weighted by atomic mass is 10.1. The molecule has 6 heteroatoms. The van der Waals surface area contributed by atoms with E-state index in [4.69, 9.17) is 9.47 Å². The van der Waals surface area contributed by atoms with E-state index < -0.39 is 0 Å². The van der Waals surface area contributed by atoms with Gasteiger partial charge in [0, 0.05) is 38.2 Å². The Kier molecular flexibility index (Phi) is 9.09. The molecule has 29 heavy (non-hydrogen) atoms. The zero-order chi connectivity index (χ0) is 20.3. The molecule has 2 N–H and O–H groups in total. The van der Waals surface area contributed by atoms with E-state index >= 15 is 0 Å². The zero-order valence-electron chi connectivity index (χ0n) is 18.2. The molecule has 0 amide bonds. The number of aryl methyl sites for hydroxylation is 1. The summed E-state index contributed by atoms with van der Waals surface area (Å²) >= 11 is 0. The number of nitrogens with zero attached hydrogens (tertiary/aromatic N) is 2. The molecule has 2 aliphatic heterocycles. The van der Waals surface area contributed by atoms with Crippen LogP contribution in [0.4, 0.5) is 0 Å². The van der Waals surface area contributed by atoms with Crippen LogP contribution in [0.3, 0.4) is 0 Å². The largest absolute Gasteiger partial charge is 0.493 e. The van der Waals surface area contributed by atoms with Gasteiger partial charge >= 0.3 is 0 Å². The maximum atomic E-state index is 6.14. The van der Waals surface area contributed by atoms with Crippen molar-refractivity contribution in [1.29, 1.82) is 0 Å². The number of rotatable bonds is 10. The van der Waals surface area contributed by atoms with E-state index in [9.17, 15) is 0 Å². The topological polar surface area (TPSA) is 58.1 Å². The Morgan fingerprint density at radius 1 is 1.24 bits per heavy atom. The molecule has 3 rings (SSSR count). The lowest BCUT2D eigenvalue weighted by Gasteiger charge is -2.17. The van der Waals surface area contributed by atoms with E-state index in [0.29, 0.717) is 12.5 Å². The summed E-state index contributed by atoms with van der Waals surface area (Å²) in [7, 11) is 1.83. The summed E-state index contributed by atoms with van der Waals surface area (Å²) in [6.45, 7) is 9.94. The van der Waals surface area contributed by atoms with Crippen molar-refractivity contribution in [1.82, 2.24) is 15.5 Å². The standard InChI is InChI=1S/C23H38N4O2/c1-19-7-8-21(22(15-19)29-18-20-9-14-28-17-20)16-26-23(24-2)25-10-3-4-11-27-12-5-6-13-27/h7-8,15,20H,3-6,9-14,16-18H2,1-2H3,(H2,24,25,26). The quantitative estimate of drug-likeness (QED) is 0.358. The Morgan fingerprint density at radius 3 is 2.86 bits per heavy atom. The molecule has 0 aliphatic carbocycles. The van der Waals surface area contributed by atoms with E-state index in [1.807, 2.05) is 7.05 Å². The van der Waals surface area contributed by atoms with Crippen LogP contribution in [0, 0.1) is 12.8 Å². The minimum Gasteiger partial charge on any atom is -0.493 e. The van der Waals surface area contributed by atoms with Crippen molar-refractivity contribution < 1.29 is 9.47 Å². The molecule has 0 aromatic heterocycles. The molecule has 1 aromatic rings. The molecular formula is C23H38N4O2. The highest BCUT2D eigenvalue weighted by atomic mass is 16.5. The van der Waals surface area contributed by atoms with Crippen molar-refractivity contribution in [3.05, 3.63) is 29.3 Å². The second-order valence-electron chi connectivity index (χ2n) is 8.26. The maximum Gasteiger partial charge on any atom is 0.191 e. The van der Waals surface area contributed by atoms with E-state index in [0.717, 1.165) is 50.1 Å². The van der Waals surface area contributed by atoms with E-state index in [2.05, 4.69) is 45.6 Å². The first-order chi connectivity index (χ1) is 14.2. The van der Waals surface area contributed by atoms with Gasteiger partial charge in [0.25, 0.3) is 0 Å². The molecule has 0 radical (unpaired) electrons. The number of benzene rings is 1. The lowest BCUT2D eigenvalue weighted by molar-refractivity contribution is 0.166. The molecule has 2 fully saturated rings. The molecule has 1 unspecified atom stereocenters. The highest BCUT2D eigenvalue weighted by Gasteiger charge is 2.17.